The molecule has 0 aliphatic carbocycles. The van der Waals surface area contributed by atoms with Crippen molar-refractivity contribution < 1.29 is 9.50 Å². The SMILES string of the molecule is CCCCCC(O)c1cccc(F)c1. The van der Waals surface area contributed by atoms with Crippen LogP contribution in [0.5, 0.6) is 0 Å². The van der Waals surface area contributed by atoms with Gasteiger partial charge < -0.3 is 5.11 Å². The van der Waals surface area contributed by atoms with Gasteiger partial charge in [0.2, 0.25) is 0 Å². The van der Waals surface area contributed by atoms with E-state index in [0.29, 0.717) is 5.56 Å². The third kappa shape index (κ3) is 3.46. The summed E-state index contributed by atoms with van der Waals surface area (Å²) in [4.78, 5) is 0. The molecule has 1 N–H and O–H groups in total. The van der Waals surface area contributed by atoms with Gasteiger partial charge in [0, 0.05) is 0 Å². The number of rotatable bonds is 5. The van der Waals surface area contributed by atoms with Crippen LogP contribution in [-0.4, -0.2) is 5.11 Å². The second-order valence-electron chi connectivity index (χ2n) is 3.57. The van der Waals surface area contributed by atoms with Crippen molar-refractivity contribution in [2.45, 2.75) is 38.7 Å². The molecular formula is C12H17FO. The molecule has 1 aromatic rings. The number of hydrogen-bond donors (Lipinski definition) is 1. The standard InChI is InChI=1S/C12H17FO/c1-2-3-4-8-12(14)10-6-5-7-11(13)9-10/h5-7,9,12,14H,2-4,8H2,1H3. The molecule has 0 amide bonds. The van der Waals surface area contributed by atoms with Crippen LogP contribution < -0.4 is 0 Å². The molecule has 1 nitrogen and oxygen atoms in total. The number of aliphatic hydroxyl groups is 1. The molecule has 78 valence electrons. The van der Waals surface area contributed by atoms with E-state index in [0.717, 1.165) is 25.7 Å². The van der Waals surface area contributed by atoms with Crippen molar-refractivity contribution in [3.05, 3.63) is 35.6 Å². The van der Waals surface area contributed by atoms with Gasteiger partial charge in [-0.05, 0) is 24.1 Å². The van der Waals surface area contributed by atoms with Gasteiger partial charge in [-0.15, -0.1) is 0 Å². The van der Waals surface area contributed by atoms with Crippen LogP contribution in [0.15, 0.2) is 24.3 Å². The van der Waals surface area contributed by atoms with Crippen molar-refractivity contribution in [1.82, 2.24) is 0 Å². The van der Waals surface area contributed by atoms with E-state index < -0.39 is 6.10 Å². The Labute approximate surface area is 84.6 Å². The topological polar surface area (TPSA) is 20.2 Å². The molecule has 1 rings (SSSR count). The normalized spacial score (nSPS) is 12.8. The second kappa shape index (κ2) is 5.76. The lowest BCUT2D eigenvalue weighted by Crippen LogP contribution is -1.97. The van der Waals surface area contributed by atoms with Crippen LogP contribution in [-0.2, 0) is 0 Å². The van der Waals surface area contributed by atoms with Crippen LogP contribution >= 0.6 is 0 Å². The Morgan fingerprint density at radius 2 is 2.14 bits per heavy atom. The fourth-order valence-corrected chi connectivity index (χ4v) is 1.47. The highest BCUT2D eigenvalue weighted by Crippen LogP contribution is 2.19. The molecule has 1 unspecified atom stereocenters. The van der Waals surface area contributed by atoms with Crippen molar-refractivity contribution in [1.29, 1.82) is 0 Å². The summed E-state index contributed by atoms with van der Waals surface area (Å²) in [6.45, 7) is 2.12. The average Bonchev–Trinajstić information content (AvgIpc) is 2.18. The van der Waals surface area contributed by atoms with Crippen LogP contribution in [0.3, 0.4) is 0 Å². The van der Waals surface area contributed by atoms with E-state index in [1.807, 2.05) is 0 Å². The van der Waals surface area contributed by atoms with Crippen molar-refractivity contribution in [3.8, 4) is 0 Å². The maximum atomic E-state index is 12.8. The van der Waals surface area contributed by atoms with E-state index >= 15 is 0 Å². The molecular weight excluding hydrogens is 179 g/mol. The molecule has 0 spiro atoms. The Morgan fingerprint density at radius 1 is 1.36 bits per heavy atom. The number of unbranched alkanes of at least 4 members (excludes halogenated alkanes) is 2. The monoisotopic (exact) mass is 196 g/mol. The molecule has 0 heterocycles. The van der Waals surface area contributed by atoms with Crippen LogP contribution in [0.1, 0.15) is 44.3 Å². The maximum Gasteiger partial charge on any atom is 0.123 e. The molecule has 1 atom stereocenters. The summed E-state index contributed by atoms with van der Waals surface area (Å²) in [6, 6.07) is 6.19. The maximum absolute atomic E-state index is 12.8. The molecule has 0 radical (unpaired) electrons. The van der Waals surface area contributed by atoms with E-state index in [1.54, 1.807) is 12.1 Å². The van der Waals surface area contributed by atoms with E-state index in [4.69, 9.17) is 0 Å². The fourth-order valence-electron chi connectivity index (χ4n) is 1.47. The first kappa shape index (κ1) is 11.2. The smallest absolute Gasteiger partial charge is 0.123 e. The fraction of sp³-hybridized carbons (Fsp3) is 0.500. The highest BCUT2D eigenvalue weighted by molar-refractivity contribution is 5.18. The van der Waals surface area contributed by atoms with Gasteiger partial charge in [-0.3, -0.25) is 0 Å². The average molecular weight is 196 g/mol. The summed E-state index contributed by atoms with van der Waals surface area (Å²) in [5.74, 6) is -0.281. The molecule has 0 saturated carbocycles. The van der Waals surface area contributed by atoms with E-state index in [-0.39, 0.29) is 5.82 Å². The minimum absolute atomic E-state index is 0.281. The van der Waals surface area contributed by atoms with Gasteiger partial charge in [-0.25, -0.2) is 4.39 Å². The van der Waals surface area contributed by atoms with E-state index in [2.05, 4.69) is 6.92 Å². The van der Waals surface area contributed by atoms with Gasteiger partial charge in [-0.2, -0.15) is 0 Å². The third-order valence-corrected chi connectivity index (χ3v) is 2.31. The Balaban J connectivity index is 2.47. The summed E-state index contributed by atoms with van der Waals surface area (Å²) >= 11 is 0. The Hall–Kier alpha value is -0.890. The van der Waals surface area contributed by atoms with Gasteiger partial charge >= 0.3 is 0 Å². The highest BCUT2D eigenvalue weighted by Gasteiger charge is 2.07. The van der Waals surface area contributed by atoms with Gasteiger partial charge in [0.05, 0.1) is 6.10 Å². The number of aliphatic hydroxyl groups excluding tert-OH is 1. The summed E-state index contributed by atoms with van der Waals surface area (Å²) in [5, 5.41) is 9.70. The lowest BCUT2D eigenvalue weighted by molar-refractivity contribution is 0.163. The lowest BCUT2D eigenvalue weighted by atomic mass is 10.0. The highest BCUT2D eigenvalue weighted by atomic mass is 19.1. The number of benzene rings is 1. The number of hydrogen-bond acceptors (Lipinski definition) is 1. The lowest BCUT2D eigenvalue weighted by Gasteiger charge is -2.10. The van der Waals surface area contributed by atoms with Crippen LogP contribution in [0.2, 0.25) is 0 Å². The first-order valence-corrected chi connectivity index (χ1v) is 5.17. The quantitative estimate of drug-likeness (QED) is 0.715. The van der Waals surface area contributed by atoms with Gasteiger partial charge in [0.1, 0.15) is 5.82 Å². The Kier molecular flexibility index (Phi) is 4.60. The molecule has 0 fully saturated rings. The van der Waals surface area contributed by atoms with Gasteiger partial charge in [0.15, 0.2) is 0 Å². The molecule has 0 saturated heterocycles. The predicted molar refractivity (Wildman–Crippen MR) is 55.5 cm³/mol. The Morgan fingerprint density at radius 3 is 2.79 bits per heavy atom. The zero-order valence-corrected chi connectivity index (χ0v) is 8.54. The molecule has 2 heteroatoms. The summed E-state index contributed by atoms with van der Waals surface area (Å²) in [6.07, 6.45) is 3.45. The van der Waals surface area contributed by atoms with Crippen LogP contribution in [0.4, 0.5) is 4.39 Å². The first-order chi connectivity index (χ1) is 6.74. The zero-order valence-electron chi connectivity index (χ0n) is 8.54. The van der Waals surface area contributed by atoms with E-state index in [1.165, 1.54) is 12.1 Å². The van der Waals surface area contributed by atoms with Gasteiger partial charge in [-0.1, -0.05) is 38.3 Å². The third-order valence-electron chi connectivity index (χ3n) is 2.31. The zero-order chi connectivity index (χ0) is 10.4. The van der Waals surface area contributed by atoms with Gasteiger partial charge in [0.25, 0.3) is 0 Å². The molecule has 0 bridgehead atoms. The van der Waals surface area contributed by atoms with Crippen molar-refractivity contribution >= 4 is 0 Å². The van der Waals surface area contributed by atoms with Crippen LogP contribution in [0, 0.1) is 5.82 Å². The summed E-state index contributed by atoms with van der Waals surface area (Å²) in [5.41, 5.74) is 0.682. The summed E-state index contributed by atoms with van der Waals surface area (Å²) < 4.78 is 12.8. The second-order valence-corrected chi connectivity index (χ2v) is 3.57. The molecule has 0 aliphatic rings. The predicted octanol–water partition coefficient (Wildman–Crippen LogP) is 3.44. The minimum atomic E-state index is -0.516. The minimum Gasteiger partial charge on any atom is -0.388 e. The first-order valence-electron chi connectivity index (χ1n) is 5.17. The molecule has 14 heavy (non-hydrogen) atoms. The number of halogens is 1. The Bertz CT molecular complexity index is 273. The molecule has 0 aliphatic heterocycles. The van der Waals surface area contributed by atoms with Crippen molar-refractivity contribution in [2.24, 2.45) is 0 Å². The summed E-state index contributed by atoms with van der Waals surface area (Å²) in [7, 11) is 0. The largest absolute Gasteiger partial charge is 0.388 e. The molecule has 1 aromatic carbocycles. The van der Waals surface area contributed by atoms with E-state index in [9.17, 15) is 9.50 Å². The van der Waals surface area contributed by atoms with Crippen LogP contribution in [0.25, 0.3) is 0 Å². The van der Waals surface area contributed by atoms with Crippen molar-refractivity contribution in [3.63, 3.8) is 0 Å². The molecule has 0 aromatic heterocycles. The van der Waals surface area contributed by atoms with Crippen molar-refractivity contribution in [2.75, 3.05) is 0 Å².